The zero-order valence-electron chi connectivity index (χ0n) is 14.8. The van der Waals surface area contributed by atoms with Crippen molar-refractivity contribution in [1.82, 2.24) is 5.01 Å². The maximum Gasteiger partial charge on any atom is 0.262 e. The molecule has 1 aromatic carbocycles. The lowest BCUT2D eigenvalue weighted by Crippen LogP contribution is -2.32. The Hall–Kier alpha value is -3.48. The maximum atomic E-state index is 12.9. The van der Waals surface area contributed by atoms with Gasteiger partial charge in [-0.15, -0.1) is 0 Å². The molecule has 0 saturated carbocycles. The van der Waals surface area contributed by atoms with E-state index in [0.717, 1.165) is 5.69 Å². The molecule has 1 aliphatic heterocycles. The van der Waals surface area contributed by atoms with Gasteiger partial charge in [-0.05, 0) is 36.4 Å². The van der Waals surface area contributed by atoms with E-state index in [0.29, 0.717) is 29.4 Å². The van der Waals surface area contributed by atoms with E-state index >= 15 is 0 Å². The van der Waals surface area contributed by atoms with Gasteiger partial charge < -0.3 is 18.9 Å². The number of carbonyl (C=O) groups is 1. The molecule has 0 saturated heterocycles. The molecule has 3 aromatic rings. The van der Waals surface area contributed by atoms with Crippen molar-refractivity contribution in [3.63, 3.8) is 0 Å². The minimum Gasteiger partial charge on any atom is -0.495 e. The highest BCUT2D eigenvalue weighted by Gasteiger charge is 2.35. The Kier molecular flexibility index (Phi) is 4.65. The fourth-order valence-electron chi connectivity index (χ4n) is 3.08. The Morgan fingerprint density at radius 1 is 1.19 bits per heavy atom. The lowest BCUT2D eigenvalue weighted by Gasteiger charge is -2.20. The molecule has 0 spiro atoms. The van der Waals surface area contributed by atoms with E-state index in [1.807, 2.05) is 36.4 Å². The molecule has 1 N–H and O–H groups in total. The van der Waals surface area contributed by atoms with Gasteiger partial charge in [0.05, 0.1) is 31.9 Å². The van der Waals surface area contributed by atoms with Crippen molar-refractivity contribution < 1.29 is 18.4 Å². The van der Waals surface area contributed by atoms with Crippen molar-refractivity contribution in [1.29, 1.82) is 0 Å². The number of carbonyl (C=O) groups excluding carboxylic acids is 1. The van der Waals surface area contributed by atoms with Crippen molar-refractivity contribution >= 4 is 17.3 Å². The van der Waals surface area contributed by atoms with Crippen LogP contribution in [0.2, 0.25) is 0 Å². The first-order chi connectivity index (χ1) is 13.3. The van der Waals surface area contributed by atoms with Crippen LogP contribution in [0.1, 0.15) is 24.0 Å². The average molecular weight is 365 g/mol. The lowest BCUT2D eigenvalue weighted by atomic mass is 10.1. The zero-order valence-corrected chi connectivity index (χ0v) is 14.8. The number of para-hydroxylation sites is 2. The number of hydrogen-bond donors (Lipinski definition) is 1. The van der Waals surface area contributed by atoms with Crippen LogP contribution in [0.3, 0.4) is 0 Å². The topological polar surface area (TPSA) is 80.2 Å². The van der Waals surface area contributed by atoms with Gasteiger partial charge in [0.15, 0.2) is 0 Å². The first-order valence-electron chi connectivity index (χ1n) is 8.60. The maximum absolute atomic E-state index is 12.9. The molecule has 27 heavy (non-hydrogen) atoms. The molecule has 4 rings (SSSR count). The molecule has 7 heteroatoms. The number of amides is 1. The third kappa shape index (κ3) is 3.44. The summed E-state index contributed by atoms with van der Waals surface area (Å²) < 4.78 is 16.3. The molecule has 2 aromatic heterocycles. The van der Waals surface area contributed by atoms with Crippen LogP contribution in [0, 0.1) is 0 Å². The number of benzene rings is 1. The molecule has 1 amide bonds. The van der Waals surface area contributed by atoms with Gasteiger partial charge in [0.1, 0.15) is 29.0 Å². The van der Waals surface area contributed by atoms with Crippen LogP contribution < -0.4 is 10.1 Å². The van der Waals surface area contributed by atoms with Gasteiger partial charge in [0.25, 0.3) is 5.91 Å². The monoisotopic (exact) mass is 365 g/mol. The van der Waals surface area contributed by atoms with E-state index in [2.05, 4.69) is 10.4 Å². The number of nitrogens with zero attached hydrogens (tertiary/aromatic N) is 2. The molecule has 0 fully saturated rings. The summed E-state index contributed by atoms with van der Waals surface area (Å²) >= 11 is 0. The SMILES string of the molecule is COc1ccccc1NCC(=O)N1N=C(c2ccco2)CC1c1ccco1. The highest BCUT2D eigenvalue weighted by molar-refractivity contribution is 6.01. The standard InChI is InChI=1S/C20H19N3O4/c1-25-17-7-3-2-6-14(17)21-13-20(24)23-16(19-9-5-11-27-19)12-15(22-23)18-8-4-10-26-18/h2-11,16,21H,12-13H2,1H3. The fourth-order valence-corrected chi connectivity index (χ4v) is 3.08. The fraction of sp³-hybridized carbons (Fsp3) is 0.200. The van der Waals surface area contributed by atoms with Crippen molar-refractivity contribution in [2.75, 3.05) is 19.0 Å². The van der Waals surface area contributed by atoms with E-state index in [4.69, 9.17) is 13.6 Å². The van der Waals surface area contributed by atoms with Crippen molar-refractivity contribution in [3.05, 3.63) is 72.6 Å². The predicted octanol–water partition coefficient (Wildman–Crippen LogP) is 3.67. The quantitative estimate of drug-likeness (QED) is 0.721. The van der Waals surface area contributed by atoms with Crippen LogP contribution in [-0.2, 0) is 4.79 Å². The summed E-state index contributed by atoms with van der Waals surface area (Å²) in [6.07, 6.45) is 3.71. The second-order valence-electron chi connectivity index (χ2n) is 6.05. The highest BCUT2D eigenvalue weighted by atomic mass is 16.5. The number of hydrazone groups is 1. The van der Waals surface area contributed by atoms with Crippen LogP contribution in [0.4, 0.5) is 5.69 Å². The highest BCUT2D eigenvalue weighted by Crippen LogP contribution is 2.33. The van der Waals surface area contributed by atoms with E-state index in [-0.39, 0.29) is 18.5 Å². The van der Waals surface area contributed by atoms with Crippen LogP contribution in [0.25, 0.3) is 0 Å². The number of nitrogens with one attached hydrogen (secondary N) is 1. The normalized spacial score (nSPS) is 16.3. The number of ether oxygens (including phenoxy) is 1. The van der Waals surface area contributed by atoms with Crippen LogP contribution in [0.15, 0.2) is 75.0 Å². The molecule has 0 radical (unpaired) electrons. The minimum atomic E-state index is -0.299. The third-order valence-corrected chi connectivity index (χ3v) is 4.38. The van der Waals surface area contributed by atoms with E-state index < -0.39 is 0 Å². The minimum absolute atomic E-state index is 0.0759. The summed E-state index contributed by atoms with van der Waals surface area (Å²) in [5.41, 5.74) is 1.46. The summed E-state index contributed by atoms with van der Waals surface area (Å²) in [5, 5.41) is 9.07. The Balaban J connectivity index is 1.54. The molecule has 1 unspecified atom stereocenters. The molecule has 0 bridgehead atoms. The molecule has 7 nitrogen and oxygen atoms in total. The average Bonchev–Trinajstić information content (AvgIpc) is 3.46. The predicted molar refractivity (Wildman–Crippen MR) is 99.6 cm³/mol. The molecular formula is C20H19N3O4. The summed E-state index contributed by atoms with van der Waals surface area (Å²) in [7, 11) is 1.59. The Labute approximate surface area is 156 Å². The van der Waals surface area contributed by atoms with Crippen LogP contribution in [0.5, 0.6) is 5.75 Å². The molecule has 1 aliphatic rings. The summed E-state index contributed by atoms with van der Waals surface area (Å²) in [6.45, 7) is 0.0759. The largest absolute Gasteiger partial charge is 0.495 e. The second kappa shape index (κ2) is 7.41. The Bertz CT molecular complexity index is 932. The van der Waals surface area contributed by atoms with Crippen LogP contribution in [-0.4, -0.2) is 30.3 Å². The number of furan rings is 2. The number of rotatable bonds is 6. The molecule has 3 heterocycles. The van der Waals surface area contributed by atoms with E-state index in [1.54, 1.807) is 31.8 Å². The summed E-state index contributed by atoms with van der Waals surface area (Å²) in [4.78, 5) is 12.9. The van der Waals surface area contributed by atoms with Gasteiger partial charge in [-0.3, -0.25) is 4.79 Å². The Morgan fingerprint density at radius 2 is 2.00 bits per heavy atom. The van der Waals surface area contributed by atoms with Crippen molar-refractivity contribution in [2.24, 2.45) is 5.10 Å². The van der Waals surface area contributed by atoms with Gasteiger partial charge in [-0.2, -0.15) is 5.10 Å². The van der Waals surface area contributed by atoms with E-state index in [1.165, 1.54) is 5.01 Å². The first-order valence-corrected chi connectivity index (χ1v) is 8.60. The third-order valence-electron chi connectivity index (χ3n) is 4.38. The number of methoxy groups -OCH3 is 1. The first kappa shape index (κ1) is 17.0. The molecule has 1 atom stereocenters. The molecule has 138 valence electrons. The molecule has 0 aliphatic carbocycles. The van der Waals surface area contributed by atoms with Crippen molar-refractivity contribution in [2.45, 2.75) is 12.5 Å². The van der Waals surface area contributed by atoms with E-state index in [9.17, 15) is 4.79 Å². The number of anilines is 1. The molecular weight excluding hydrogens is 346 g/mol. The zero-order chi connectivity index (χ0) is 18.6. The van der Waals surface area contributed by atoms with Gasteiger partial charge in [0, 0.05) is 6.42 Å². The summed E-state index contributed by atoms with van der Waals surface area (Å²) in [6, 6.07) is 14.4. The Morgan fingerprint density at radius 3 is 2.74 bits per heavy atom. The van der Waals surface area contributed by atoms with Gasteiger partial charge in [0.2, 0.25) is 0 Å². The van der Waals surface area contributed by atoms with Crippen molar-refractivity contribution in [3.8, 4) is 5.75 Å². The second-order valence-corrected chi connectivity index (χ2v) is 6.05. The van der Waals surface area contributed by atoms with Gasteiger partial charge in [-0.1, -0.05) is 12.1 Å². The van der Waals surface area contributed by atoms with Crippen LogP contribution >= 0.6 is 0 Å². The smallest absolute Gasteiger partial charge is 0.262 e. The number of hydrogen-bond acceptors (Lipinski definition) is 6. The van der Waals surface area contributed by atoms with Gasteiger partial charge in [-0.25, -0.2) is 5.01 Å². The van der Waals surface area contributed by atoms with Gasteiger partial charge >= 0.3 is 0 Å². The lowest BCUT2D eigenvalue weighted by molar-refractivity contribution is -0.131. The summed E-state index contributed by atoms with van der Waals surface area (Å²) in [5.74, 6) is 1.84.